The van der Waals surface area contributed by atoms with Gasteiger partial charge in [-0.3, -0.25) is 14.0 Å². The highest BCUT2D eigenvalue weighted by molar-refractivity contribution is 6.04. The van der Waals surface area contributed by atoms with Crippen molar-refractivity contribution in [1.29, 1.82) is 0 Å². The lowest BCUT2D eigenvalue weighted by Gasteiger charge is -2.17. The molecule has 45 heavy (non-hydrogen) atoms. The first kappa shape index (κ1) is 29.9. The molecule has 2 amide bonds. The minimum Gasteiger partial charge on any atom is -0.478 e. The largest absolute Gasteiger partial charge is 0.478 e. The van der Waals surface area contributed by atoms with Crippen molar-refractivity contribution in [2.75, 3.05) is 32.6 Å². The lowest BCUT2D eigenvalue weighted by molar-refractivity contribution is 0.0858. The third kappa shape index (κ3) is 6.54. The van der Waals surface area contributed by atoms with E-state index < -0.39 is 29.8 Å². The highest BCUT2D eigenvalue weighted by Crippen LogP contribution is 2.31. The summed E-state index contributed by atoms with van der Waals surface area (Å²) >= 11 is 0. The van der Waals surface area contributed by atoms with Gasteiger partial charge >= 0.3 is 0 Å². The Hall–Kier alpha value is -5.13. The Morgan fingerprint density at radius 3 is 2.64 bits per heavy atom. The summed E-state index contributed by atoms with van der Waals surface area (Å²) in [5.41, 5.74) is 4.17. The molecular weight excluding hydrogens is 575 g/mol. The average molecular weight is 609 g/mol. The van der Waals surface area contributed by atoms with Crippen LogP contribution in [0.25, 0.3) is 16.8 Å². The van der Waals surface area contributed by atoms with Crippen LogP contribution in [0.4, 0.5) is 10.1 Å². The van der Waals surface area contributed by atoms with Gasteiger partial charge in [0.1, 0.15) is 17.2 Å². The minimum atomic E-state index is -0.840. The van der Waals surface area contributed by atoms with Crippen molar-refractivity contribution in [3.05, 3.63) is 114 Å². The molecule has 10 nitrogen and oxygen atoms in total. The van der Waals surface area contributed by atoms with E-state index in [2.05, 4.69) is 25.5 Å². The van der Waals surface area contributed by atoms with Gasteiger partial charge in [0.2, 0.25) is 5.88 Å². The Labute approximate surface area is 259 Å². The number of hydrogen-bond acceptors (Lipinski definition) is 7. The zero-order valence-electron chi connectivity index (χ0n) is 24.9. The summed E-state index contributed by atoms with van der Waals surface area (Å²) in [7, 11) is 4.04. The molecule has 0 unspecified atom stereocenters. The fraction of sp³-hybridized carbons (Fsp3) is 0.235. The van der Waals surface area contributed by atoms with Crippen LogP contribution in [-0.4, -0.2) is 69.5 Å². The number of carbonyl (C=O) groups is 2. The van der Waals surface area contributed by atoms with Crippen LogP contribution in [0, 0.1) is 5.82 Å². The summed E-state index contributed by atoms with van der Waals surface area (Å²) in [5.74, 6) is -1.22. The lowest BCUT2D eigenvalue weighted by Crippen LogP contribution is -2.37. The fourth-order valence-electron chi connectivity index (χ4n) is 5.43. The van der Waals surface area contributed by atoms with E-state index in [-0.39, 0.29) is 16.9 Å². The molecule has 3 N–H and O–H groups in total. The van der Waals surface area contributed by atoms with Crippen molar-refractivity contribution >= 4 is 23.1 Å². The Morgan fingerprint density at radius 1 is 1.02 bits per heavy atom. The number of aliphatic hydroxyl groups excluding tert-OH is 1. The molecule has 0 bridgehead atoms. The molecule has 2 aromatic carbocycles. The molecule has 5 aromatic rings. The number of carbonyl (C=O) groups excluding carboxylic acids is 2. The second-order valence-corrected chi connectivity index (χ2v) is 11.3. The van der Waals surface area contributed by atoms with E-state index in [1.165, 1.54) is 18.3 Å². The molecule has 1 aliphatic carbocycles. The number of hydrogen-bond donors (Lipinski definition) is 3. The quantitative estimate of drug-likeness (QED) is 0.200. The maximum atomic E-state index is 14.8. The maximum Gasteiger partial charge on any atom is 0.274 e. The van der Waals surface area contributed by atoms with E-state index in [0.29, 0.717) is 24.6 Å². The van der Waals surface area contributed by atoms with Gasteiger partial charge in [-0.05, 0) is 80.0 Å². The topological polar surface area (TPSA) is 121 Å². The molecule has 0 fully saturated rings. The molecule has 2 atom stereocenters. The number of anilines is 1. The summed E-state index contributed by atoms with van der Waals surface area (Å²) in [5, 5.41) is 16.0. The molecule has 6 rings (SSSR count). The van der Waals surface area contributed by atoms with Gasteiger partial charge in [0.05, 0.1) is 30.6 Å². The van der Waals surface area contributed by atoms with Gasteiger partial charge in [-0.1, -0.05) is 24.3 Å². The molecule has 0 radical (unpaired) electrons. The number of benzene rings is 2. The van der Waals surface area contributed by atoms with Crippen molar-refractivity contribution in [2.45, 2.75) is 25.0 Å². The van der Waals surface area contributed by atoms with Crippen molar-refractivity contribution in [1.82, 2.24) is 24.6 Å². The number of amides is 2. The number of nitrogens with one attached hydrogen (secondary N) is 2. The first-order valence-corrected chi connectivity index (χ1v) is 14.7. The number of aliphatic hydroxyl groups is 1. The molecule has 3 aromatic heterocycles. The van der Waals surface area contributed by atoms with E-state index in [0.717, 1.165) is 41.3 Å². The Kier molecular flexibility index (Phi) is 8.54. The van der Waals surface area contributed by atoms with Crippen LogP contribution in [0.5, 0.6) is 5.88 Å². The van der Waals surface area contributed by atoms with E-state index in [1.54, 1.807) is 16.8 Å². The smallest absolute Gasteiger partial charge is 0.274 e. The standard InChI is InChI=1S/C34H33FN6O4/c1-40(2)13-5-15-45-31-11-9-24(19-37-31)21-12-14-41-29(20-36-30(41)18-21)34(44)38-27-17-23(8-10-26(27)35)33(43)39-28-16-22-6-3-4-7-25(22)32(28)42/h3-4,6-12,14,17-20,28,32,42H,5,13,15-16H2,1-2H3,(H,38,44)(H,39,43)/t28-,32-/m0/s1. The Balaban J connectivity index is 1.12. The van der Waals surface area contributed by atoms with Crippen molar-refractivity contribution in [3.63, 3.8) is 0 Å². The molecule has 11 heteroatoms. The summed E-state index contributed by atoms with van der Waals surface area (Å²) < 4.78 is 22.1. The summed E-state index contributed by atoms with van der Waals surface area (Å²) in [6, 6.07) is 18.1. The van der Waals surface area contributed by atoms with Crippen LogP contribution in [0.3, 0.4) is 0 Å². The van der Waals surface area contributed by atoms with Gasteiger partial charge in [-0.25, -0.2) is 14.4 Å². The third-order valence-corrected chi connectivity index (χ3v) is 7.80. The van der Waals surface area contributed by atoms with Crippen LogP contribution in [0.15, 0.2) is 85.3 Å². The van der Waals surface area contributed by atoms with E-state index in [9.17, 15) is 19.1 Å². The number of pyridine rings is 2. The van der Waals surface area contributed by atoms with E-state index >= 15 is 0 Å². The molecule has 0 saturated heterocycles. The van der Waals surface area contributed by atoms with Crippen molar-refractivity contribution < 1.29 is 23.8 Å². The number of nitrogens with zero attached hydrogens (tertiary/aromatic N) is 4. The number of fused-ring (bicyclic) bond motifs is 2. The zero-order valence-corrected chi connectivity index (χ0v) is 24.9. The Morgan fingerprint density at radius 2 is 1.87 bits per heavy atom. The number of halogens is 1. The third-order valence-electron chi connectivity index (χ3n) is 7.80. The number of imidazole rings is 1. The summed E-state index contributed by atoms with van der Waals surface area (Å²) in [4.78, 5) is 37.1. The molecule has 0 spiro atoms. The summed E-state index contributed by atoms with van der Waals surface area (Å²) in [6.07, 6.45) is 5.39. The molecule has 0 saturated carbocycles. The van der Waals surface area contributed by atoms with Crippen LogP contribution >= 0.6 is 0 Å². The number of rotatable bonds is 10. The van der Waals surface area contributed by atoms with Crippen molar-refractivity contribution in [2.24, 2.45) is 0 Å². The highest BCUT2D eigenvalue weighted by atomic mass is 19.1. The van der Waals surface area contributed by atoms with Gasteiger partial charge < -0.3 is 25.4 Å². The van der Waals surface area contributed by atoms with E-state index in [4.69, 9.17) is 4.74 Å². The van der Waals surface area contributed by atoms with Crippen LogP contribution < -0.4 is 15.4 Å². The number of aromatic nitrogens is 3. The fourth-order valence-corrected chi connectivity index (χ4v) is 5.43. The predicted molar refractivity (Wildman–Crippen MR) is 168 cm³/mol. The molecule has 230 valence electrons. The van der Waals surface area contributed by atoms with Gasteiger partial charge in [0, 0.05) is 36.1 Å². The Bertz CT molecular complexity index is 1860. The van der Waals surface area contributed by atoms with Crippen molar-refractivity contribution in [3.8, 4) is 17.0 Å². The monoisotopic (exact) mass is 608 g/mol. The highest BCUT2D eigenvalue weighted by Gasteiger charge is 2.32. The predicted octanol–water partition coefficient (Wildman–Crippen LogP) is 4.51. The maximum absolute atomic E-state index is 14.8. The molecule has 3 heterocycles. The lowest BCUT2D eigenvalue weighted by atomic mass is 10.1. The van der Waals surface area contributed by atoms with Crippen LogP contribution in [-0.2, 0) is 6.42 Å². The van der Waals surface area contributed by atoms with Gasteiger partial charge in [-0.2, -0.15) is 0 Å². The zero-order chi connectivity index (χ0) is 31.5. The molecular formula is C34H33FN6O4. The van der Waals surface area contributed by atoms with Crippen LogP contribution in [0.1, 0.15) is 44.5 Å². The number of ether oxygens (including phenoxy) is 1. The van der Waals surface area contributed by atoms with Gasteiger partial charge in [0.15, 0.2) is 0 Å². The second kappa shape index (κ2) is 12.8. The molecule has 1 aliphatic rings. The van der Waals surface area contributed by atoms with Crippen LogP contribution in [0.2, 0.25) is 0 Å². The molecule has 0 aliphatic heterocycles. The average Bonchev–Trinajstić information content (AvgIpc) is 3.61. The summed E-state index contributed by atoms with van der Waals surface area (Å²) in [6.45, 7) is 1.51. The van der Waals surface area contributed by atoms with Gasteiger partial charge in [-0.15, -0.1) is 0 Å². The normalized spacial score (nSPS) is 15.7. The van der Waals surface area contributed by atoms with Gasteiger partial charge in [0.25, 0.3) is 11.8 Å². The first-order chi connectivity index (χ1) is 21.8. The second-order valence-electron chi connectivity index (χ2n) is 11.3. The first-order valence-electron chi connectivity index (χ1n) is 14.7. The van der Waals surface area contributed by atoms with E-state index in [1.807, 2.05) is 62.6 Å². The minimum absolute atomic E-state index is 0.149. The SMILES string of the molecule is CN(C)CCCOc1ccc(-c2ccn3c(C(=O)Nc4cc(C(=O)N[C@H]5Cc6ccccc6[C@@H]5O)ccc4F)cnc3c2)cn1.